The molecular weight excluding hydrogens is 442 g/mol. The van der Waals surface area contributed by atoms with Crippen molar-refractivity contribution < 1.29 is 28.7 Å². The van der Waals surface area contributed by atoms with Gasteiger partial charge in [-0.05, 0) is 36.4 Å². The van der Waals surface area contributed by atoms with E-state index in [9.17, 15) is 14.7 Å². The minimum Gasteiger partial charge on any atom is -0.438 e. The first kappa shape index (κ1) is 22.0. The molecule has 1 N–H and O–H groups in total. The molecular formula is C21H25ClN3O5S+. The van der Waals surface area contributed by atoms with Gasteiger partial charge in [0.25, 0.3) is 0 Å². The zero-order valence-electron chi connectivity index (χ0n) is 17.4. The van der Waals surface area contributed by atoms with Gasteiger partial charge in [-0.1, -0.05) is 11.6 Å². The van der Waals surface area contributed by atoms with Crippen LogP contribution in [0.5, 0.6) is 0 Å². The van der Waals surface area contributed by atoms with Gasteiger partial charge in [0.1, 0.15) is 11.4 Å². The summed E-state index contributed by atoms with van der Waals surface area (Å²) >= 11 is 7.20. The lowest BCUT2D eigenvalue weighted by atomic mass is 10.2. The first-order valence-corrected chi connectivity index (χ1v) is 11.2. The number of ether oxygens (including phenoxy) is 2. The second-order valence-corrected chi connectivity index (χ2v) is 9.87. The van der Waals surface area contributed by atoms with Gasteiger partial charge in [-0.15, -0.1) is 11.3 Å². The summed E-state index contributed by atoms with van der Waals surface area (Å²) < 4.78 is 11.4. The van der Waals surface area contributed by atoms with Crippen molar-refractivity contribution in [3.8, 4) is 0 Å². The van der Waals surface area contributed by atoms with Crippen LogP contribution < -0.4 is 9.80 Å². The van der Waals surface area contributed by atoms with Crippen molar-refractivity contribution in [3.05, 3.63) is 45.6 Å². The number of hydrogen-bond acceptors (Lipinski definition) is 7. The van der Waals surface area contributed by atoms with Crippen molar-refractivity contribution in [1.82, 2.24) is 0 Å². The average Bonchev–Trinajstić information content (AvgIpc) is 3.33. The molecule has 2 amide bonds. The second kappa shape index (κ2) is 8.76. The van der Waals surface area contributed by atoms with Crippen LogP contribution in [0.15, 0.2) is 36.4 Å². The van der Waals surface area contributed by atoms with Crippen molar-refractivity contribution in [3.63, 3.8) is 0 Å². The molecule has 2 saturated heterocycles. The fourth-order valence-electron chi connectivity index (χ4n) is 3.86. The Morgan fingerprint density at radius 1 is 1.23 bits per heavy atom. The number of likely N-dealkylation sites (N-methyl/N-ethyl adjacent to an activating group) is 1. The van der Waals surface area contributed by atoms with Crippen LogP contribution in [0.4, 0.5) is 16.2 Å². The molecule has 4 rings (SSSR count). The van der Waals surface area contributed by atoms with Gasteiger partial charge in [-0.3, -0.25) is 9.38 Å². The van der Waals surface area contributed by atoms with Crippen molar-refractivity contribution in [2.75, 3.05) is 56.7 Å². The largest absolute Gasteiger partial charge is 0.438 e. The summed E-state index contributed by atoms with van der Waals surface area (Å²) in [5, 5.41) is 10.1. The van der Waals surface area contributed by atoms with Crippen LogP contribution in [0, 0.1) is 0 Å². The van der Waals surface area contributed by atoms with Crippen LogP contribution in [-0.4, -0.2) is 80.9 Å². The number of aliphatic hydroxyl groups excluding tert-OH is 1. The van der Waals surface area contributed by atoms with E-state index >= 15 is 0 Å². The van der Waals surface area contributed by atoms with Crippen molar-refractivity contribution in [1.29, 1.82) is 0 Å². The first-order valence-electron chi connectivity index (χ1n) is 9.98. The van der Waals surface area contributed by atoms with Gasteiger partial charge >= 0.3 is 12.0 Å². The standard InChI is InChI=1S/C21H25ClN3O5S/c1-25(2,20(27)17-7-8-18(22)31-17)12-16-11-24(21(28)30-16)15-5-3-14(4-6-15)23-9-10-29-13-19(23)26/h3-8,16,19,26H,9-13H2,1-2H3/q+1. The number of halogens is 1. The zero-order valence-corrected chi connectivity index (χ0v) is 18.9. The molecule has 0 radical (unpaired) electrons. The van der Waals surface area contributed by atoms with Crippen molar-refractivity contribution in [2.45, 2.75) is 12.3 Å². The number of thiophene rings is 1. The lowest BCUT2D eigenvalue weighted by Gasteiger charge is -2.34. The van der Waals surface area contributed by atoms with E-state index < -0.39 is 18.4 Å². The summed E-state index contributed by atoms with van der Waals surface area (Å²) in [7, 11) is 3.60. The van der Waals surface area contributed by atoms with E-state index in [0.29, 0.717) is 41.1 Å². The number of nitrogens with zero attached hydrogens (tertiary/aromatic N) is 3. The highest BCUT2D eigenvalue weighted by atomic mass is 35.5. The highest BCUT2D eigenvalue weighted by Crippen LogP contribution is 2.28. The van der Waals surface area contributed by atoms with Crippen molar-refractivity contribution in [2.24, 2.45) is 0 Å². The molecule has 0 aliphatic carbocycles. The second-order valence-electron chi connectivity index (χ2n) is 8.16. The molecule has 2 atom stereocenters. The number of aliphatic hydroxyl groups is 1. The molecule has 8 nitrogen and oxygen atoms in total. The molecule has 2 aliphatic rings. The molecule has 2 aromatic rings. The lowest BCUT2D eigenvalue weighted by Crippen LogP contribution is -2.50. The smallest absolute Gasteiger partial charge is 0.414 e. The zero-order chi connectivity index (χ0) is 22.2. The fourth-order valence-corrected chi connectivity index (χ4v) is 4.99. The number of benzene rings is 1. The third kappa shape index (κ3) is 4.70. The van der Waals surface area contributed by atoms with Gasteiger partial charge in [-0.2, -0.15) is 0 Å². The minimum atomic E-state index is -0.684. The summed E-state index contributed by atoms with van der Waals surface area (Å²) in [4.78, 5) is 29.3. The van der Waals surface area contributed by atoms with E-state index in [1.807, 2.05) is 29.2 Å². The molecule has 2 aliphatic heterocycles. The van der Waals surface area contributed by atoms with Crippen LogP contribution in [0.1, 0.15) is 9.67 Å². The van der Waals surface area contributed by atoms with Gasteiger partial charge in [0.15, 0.2) is 12.3 Å². The van der Waals surface area contributed by atoms with E-state index in [4.69, 9.17) is 21.1 Å². The molecule has 0 bridgehead atoms. The Balaban J connectivity index is 1.41. The van der Waals surface area contributed by atoms with Gasteiger partial charge in [0.2, 0.25) is 0 Å². The molecule has 1 aromatic heterocycles. The van der Waals surface area contributed by atoms with Crippen LogP contribution in [0.25, 0.3) is 0 Å². The molecule has 3 heterocycles. The number of amides is 2. The van der Waals surface area contributed by atoms with Gasteiger partial charge in [-0.25, -0.2) is 9.59 Å². The Bertz CT molecular complexity index is 964. The Morgan fingerprint density at radius 2 is 1.94 bits per heavy atom. The number of carbonyl (C=O) groups excluding carboxylic acids is 2. The summed E-state index contributed by atoms with van der Waals surface area (Å²) in [6, 6.07) is 10.8. The third-order valence-electron chi connectivity index (χ3n) is 5.46. The number of hydrogen-bond donors (Lipinski definition) is 1. The highest BCUT2D eigenvalue weighted by Gasteiger charge is 2.40. The topological polar surface area (TPSA) is 79.3 Å². The summed E-state index contributed by atoms with van der Waals surface area (Å²) in [5.41, 5.74) is 1.57. The van der Waals surface area contributed by atoms with Crippen LogP contribution in [0.2, 0.25) is 4.34 Å². The van der Waals surface area contributed by atoms with Gasteiger partial charge in [0.05, 0.1) is 38.2 Å². The lowest BCUT2D eigenvalue weighted by molar-refractivity contribution is -0.810. The molecule has 31 heavy (non-hydrogen) atoms. The number of anilines is 2. The SMILES string of the molecule is C[N+](C)(CC1CN(c2ccc(N3CCOCC3O)cc2)C(=O)O1)C(=O)c1ccc(Cl)s1. The molecule has 2 fully saturated rings. The highest BCUT2D eigenvalue weighted by molar-refractivity contribution is 7.17. The maximum Gasteiger partial charge on any atom is 0.414 e. The van der Waals surface area contributed by atoms with E-state index in [-0.39, 0.29) is 17.0 Å². The first-order chi connectivity index (χ1) is 14.7. The fraction of sp³-hybridized carbons (Fsp3) is 0.429. The molecule has 1 aromatic carbocycles. The number of morpholine rings is 1. The van der Waals surface area contributed by atoms with Crippen LogP contribution >= 0.6 is 22.9 Å². The summed E-state index contributed by atoms with van der Waals surface area (Å²) in [6.07, 6.45) is -1.53. The van der Waals surface area contributed by atoms with E-state index in [1.54, 1.807) is 31.1 Å². The van der Waals surface area contributed by atoms with E-state index in [2.05, 4.69) is 0 Å². The Kier molecular flexibility index (Phi) is 6.23. The van der Waals surface area contributed by atoms with E-state index in [1.165, 1.54) is 11.3 Å². The predicted molar refractivity (Wildman–Crippen MR) is 119 cm³/mol. The molecule has 0 saturated carbocycles. The van der Waals surface area contributed by atoms with Crippen LogP contribution in [0.3, 0.4) is 0 Å². The third-order valence-corrected chi connectivity index (χ3v) is 6.68. The number of cyclic esters (lactones) is 1. The minimum absolute atomic E-state index is 0.0521. The number of carbonyl (C=O) groups is 2. The number of quaternary nitrogens is 1. The Morgan fingerprint density at radius 3 is 2.58 bits per heavy atom. The van der Waals surface area contributed by atoms with Crippen LogP contribution in [-0.2, 0) is 9.47 Å². The number of rotatable bonds is 5. The molecule has 10 heteroatoms. The molecule has 0 spiro atoms. The van der Waals surface area contributed by atoms with E-state index in [0.717, 1.165) is 5.69 Å². The monoisotopic (exact) mass is 466 g/mol. The van der Waals surface area contributed by atoms with Crippen molar-refractivity contribution >= 4 is 46.3 Å². The Labute approximate surface area is 189 Å². The normalized spacial score (nSPS) is 22.0. The maximum absolute atomic E-state index is 12.9. The quantitative estimate of drug-likeness (QED) is 0.683. The average molecular weight is 467 g/mol. The van der Waals surface area contributed by atoms with Gasteiger partial charge < -0.3 is 19.5 Å². The summed E-state index contributed by atoms with van der Waals surface area (Å²) in [5.74, 6) is -0.0696. The maximum atomic E-state index is 12.9. The van der Waals surface area contributed by atoms with Gasteiger partial charge in [0, 0.05) is 17.9 Å². The predicted octanol–water partition coefficient (Wildman–Crippen LogP) is 2.80. The Hall–Kier alpha value is -2.17. The molecule has 166 valence electrons. The summed E-state index contributed by atoms with van der Waals surface area (Å²) in [6.45, 7) is 2.15. The molecule has 2 unspecified atom stereocenters.